The van der Waals surface area contributed by atoms with E-state index in [2.05, 4.69) is 38.5 Å². The van der Waals surface area contributed by atoms with E-state index >= 15 is 0 Å². The van der Waals surface area contributed by atoms with Gasteiger partial charge >= 0.3 is 0 Å². The summed E-state index contributed by atoms with van der Waals surface area (Å²) in [6, 6.07) is 16.2. The summed E-state index contributed by atoms with van der Waals surface area (Å²) in [6.45, 7) is 0.731. The summed E-state index contributed by atoms with van der Waals surface area (Å²) in [5.74, 6) is 0.503. The van der Waals surface area contributed by atoms with Gasteiger partial charge in [0.15, 0.2) is 5.82 Å². The average Bonchev–Trinajstić information content (AvgIpc) is 2.98. The van der Waals surface area contributed by atoms with Crippen molar-refractivity contribution in [2.75, 3.05) is 0 Å². The Labute approximate surface area is 137 Å². The minimum atomic E-state index is 0.134. The number of benzene rings is 2. The summed E-state index contributed by atoms with van der Waals surface area (Å²) in [5.41, 5.74) is 3.12. The van der Waals surface area contributed by atoms with Crippen LogP contribution in [-0.2, 0) is 6.54 Å². The third kappa shape index (κ3) is 2.78. The first-order chi connectivity index (χ1) is 11.3. The zero-order valence-corrected chi connectivity index (χ0v) is 12.8. The maximum Gasteiger partial charge on any atom is 0.226 e. The molecule has 23 heavy (non-hydrogen) atoms. The Morgan fingerprint density at radius 3 is 2.74 bits per heavy atom. The molecule has 0 saturated heterocycles. The summed E-state index contributed by atoms with van der Waals surface area (Å²) in [6.07, 6.45) is 4.34. The quantitative estimate of drug-likeness (QED) is 0.580. The number of fused-ring (bicyclic) bond motifs is 1. The van der Waals surface area contributed by atoms with Crippen LogP contribution >= 0.6 is 11.6 Å². The highest BCUT2D eigenvalue weighted by Crippen LogP contribution is 2.22. The zero-order valence-electron chi connectivity index (χ0n) is 12.0. The molecule has 0 saturated carbocycles. The van der Waals surface area contributed by atoms with Gasteiger partial charge in [-0.2, -0.15) is 15.1 Å². The van der Waals surface area contributed by atoms with Gasteiger partial charge in [-0.25, -0.2) is 4.98 Å². The second-order valence-corrected chi connectivity index (χ2v) is 5.43. The molecule has 111 valence electrons. The van der Waals surface area contributed by atoms with Crippen molar-refractivity contribution >= 4 is 22.5 Å². The van der Waals surface area contributed by atoms with Crippen LogP contribution in [0.4, 0.5) is 0 Å². The predicted molar refractivity (Wildman–Crippen MR) is 87.9 cm³/mol. The maximum atomic E-state index is 5.80. The normalized spacial score (nSPS) is 11.0. The average molecular weight is 321 g/mol. The van der Waals surface area contributed by atoms with Crippen LogP contribution in [0.5, 0.6) is 0 Å². The van der Waals surface area contributed by atoms with Gasteiger partial charge in [0.25, 0.3) is 0 Å². The van der Waals surface area contributed by atoms with Gasteiger partial charge in [0.2, 0.25) is 11.6 Å². The van der Waals surface area contributed by atoms with E-state index < -0.39 is 0 Å². The van der Waals surface area contributed by atoms with Crippen molar-refractivity contribution in [1.82, 2.24) is 24.7 Å². The second-order valence-electron chi connectivity index (χ2n) is 5.09. The molecule has 2 heterocycles. The van der Waals surface area contributed by atoms with Crippen LogP contribution in [0, 0.1) is 6.33 Å². The van der Waals surface area contributed by atoms with Crippen LogP contribution in [0.2, 0.25) is 5.28 Å². The fraction of sp³-hybridized carbons (Fsp3) is 0.0588. The SMILES string of the molecule is Clc1n[c]nc(-c2ccc3c(cnn3Cc3ccccc3)c2)n1. The molecule has 0 N–H and O–H groups in total. The molecule has 0 aliphatic heterocycles. The Hall–Kier alpha value is -2.79. The molecule has 1 radical (unpaired) electrons. The van der Waals surface area contributed by atoms with E-state index in [0.29, 0.717) is 5.82 Å². The summed E-state index contributed by atoms with van der Waals surface area (Å²) in [4.78, 5) is 11.8. The van der Waals surface area contributed by atoms with E-state index in [1.165, 1.54) is 5.56 Å². The number of hydrogen-bond acceptors (Lipinski definition) is 4. The minimum Gasteiger partial charge on any atom is -0.260 e. The lowest BCUT2D eigenvalue weighted by Crippen LogP contribution is -2.01. The first-order valence-electron chi connectivity index (χ1n) is 7.07. The van der Waals surface area contributed by atoms with Gasteiger partial charge in [0.05, 0.1) is 18.3 Å². The highest BCUT2D eigenvalue weighted by molar-refractivity contribution is 6.28. The largest absolute Gasteiger partial charge is 0.260 e. The van der Waals surface area contributed by atoms with Crippen molar-refractivity contribution in [3.8, 4) is 11.4 Å². The highest BCUT2D eigenvalue weighted by atomic mass is 35.5. The lowest BCUT2D eigenvalue weighted by atomic mass is 10.1. The van der Waals surface area contributed by atoms with Crippen molar-refractivity contribution in [2.45, 2.75) is 6.54 Å². The van der Waals surface area contributed by atoms with Crippen molar-refractivity contribution < 1.29 is 0 Å². The number of halogens is 1. The third-order valence-corrected chi connectivity index (χ3v) is 3.74. The maximum absolute atomic E-state index is 5.80. The summed E-state index contributed by atoms with van der Waals surface area (Å²) in [7, 11) is 0. The molecule has 0 aliphatic carbocycles. The smallest absolute Gasteiger partial charge is 0.226 e. The Balaban J connectivity index is 1.72. The van der Waals surface area contributed by atoms with E-state index in [4.69, 9.17) is 11.6 Å². The van der Waals surface area contributed by atoms with Crippen LogP contribution in [-0.4, -0.2) is 24.7 Å². The Kier molecular flexibility index (Phi) is 3.48. The fourth-order valence-corrected chi connectivity index (χ4v) is 2.61. The molecule has 0 atom stereocenters. The standard InChI is InChI=1S/C17H11ClN5/c18-17-20-11-19-16(22-17)13-6-7-15-14(8-13)9-21-23(15)10-12-4-2-1-3-5-12/h1-9H,10H2. The minimum absolute atomic E-state index is 0.134. The number of hydrogen-bond donors (Lipinski definition) is 0. The number of rotatable bonds is 3. The van der Waals surface area contributed by atoms with Crippen LogP contribution in [0.1, 0.15) is 5.56 Å². The van der Waals surface area contributed by atoms with E-state index in [-0.39, 0.29) is 5.28 Å². The van der Waals surface area contributed by atoms with E-state index in [1.54, 1.807) is 0 Å². The van der Waals surface area contributed by atoms with Gasteiger partial charge in [-0.1, -0.05) is 30.3 Å². The van der Waals surface area contributed by atoms with Crippen molar-refractivity contribution in [3.63, 3.8) is 0 Å². The summed E-state index contributed by atoms with van der Waals surface area (Å²) < 4.78 is 1.97. The monoisotopic (exact) mass is 320 g/mol. The van der Waals surface area contributed by atoms with Gasteiger partial charge in [0, 0.05) is 10.9 Å². The van der Waals surface area contributed by atoms with Gasteiger partial charge < -0.3 is 0 Å². The molecule has 0 spiro atoms. The molecule has 0 aliphatic rings. The Bertz CT molecular complexity index is 965. The van der Waals surface area contributed by atoms with Crippen molar-refractivity contribution in [2.24, 2.45) is 0 Å². The van der Waals surface area contributed by atoms with Crippen molar-refractivity contribution in [3.05, 3.63) is 71.9 Å². The fourth-order valence-electron chi connectivity index (χ4n) is 2.49. The lowest BCUT2D eigenvalue weighted by Gasteiger charge is -2.04. The highest BCUT2D eigenvalue weighted by Gasteiger charge is 2.08. The molecule has 6 heteroatoms. The lowest BCUT2D eigenvalue weighted by molar-refractivity contribution is 0.712. The van der Waals surface area contributed by atoms with Gasteiger partial charge in [-0.15, -0.1) is 0 Å². The van der Waals surface area contributed by atoms with Crippen LogP contribution in [0.25, 0.3) is 22.3 Å². The van der Waals surface area contributed by atoms with Crippen LogP contribution < -0.4 is 0 Å². The topological polar surface area (TPSA) is 56.5 Å². The zero-order chi connectivity index (χ0) is 15.6. The van der Waals surface area contributed by atoms with E-state index in [0.717, 1.165) is 23.0 Å². The molecule has 2 aromatic heterocycles. The van der Waals surface area contributed by atoms with Gasteiger partial charge in [-0.05, 0) is 35.4 Å². The number of aromatic nitrogens is 5. The second kappa shape index (κ2) is 5.78. The molecule has 2 aromatic carbocycles. The van der Waals surface area contributed by atoms with Crippen LogP contribution in [0.15, 0.2) is 54.7 Å². The van der Waals surface area contributed by atoms with Gasteiger partial charge in [0.1, 0.15) is 0 Å². The molecule has 5 nitrogen and oxygen atoms in total. The first kappa shape index (κ1) is 13.8. The Morgan fingerprint density at radius 1 is 1.04 bits per heavy atom. The predicted octanol–water partition coefficient (Wildman–Crippen LogP) is 3.39. The first-order valence-corrected chi connectivity index (χ1v) is 7.45. The van der Waals surface area contributed by atoms with E-state index in [9.17, 15) is 0 Å². The Morgan fingerprint density at radius 2 is 1.91 bits per heavy atom. The molecule has 0 unspecified atom stereocenters. The molecular formula is C17H11ClN5. The molecule has 0 amide bonds. The van der Waals surface area contributed by atoms with Crippen LogP contribution in [0.3, 0.4) is 0 Å². The molecule has 4 aromatic rings. The molecule has 0 bridgehead atoms. The molecule has 0 fully saturated rings. The summed E-state index contributed by atoms with van der Waals surface area (Å²) in [5, 5.41) is 5.63. The van der Waals surface area contributed by atoms with Gasteiger partial charge in [-0.3, -0.25) is 4.68 Å². The summed E-state index contributed by atoms with van der Waals surface area (Å²) >= 11 is 5.80. The van der Waals surface area contributed by atoms with Crippen molar-refractivity contribution in [1.29, 1.82) is 0 Å². The third-order valence-electron chi connectivity index (χ3n) is 3.57. The molecular weight excluding hydrogens is 310 g/mol. The van der Waals surface area contributed by atoms with E-state index in [1.807, 2.05) is 47.3 Å². The number of nitrogens with zero attached hydrogens (tertiary/aromatic N) is 5. The molecule has 4 rings (SSSR count).